The van der Waals surface area contributed by atoms with Crippen LogP contribution in [0.25, 0.3) is 0 Å². The number of hydrogen-bond acceptors (Lipinski definition) is 2. The Labute approximate surface area is 197 Å². The molecule has 0 spiro atoms. The summed E-state index contributed by atoms with van der Waals surface area (Å²) in [6, 6.07) is 0. The second-order valence-electron chi connectivity index (χ2n) is 12.4. The lowest BCUT2D eigenvalue weighted by atomic mass is 9.50. The van der Waals surface area contributed by atoms with Crippen LogP contribution in [0.5, 0.6) is 0 Å². The minimum Gasteiger partial charge on any atom is -0.462 e. The van der Waals surface area contributed by atoms with E-state index in [0.717, 1.165) is 31.1 Å². The van der Waals surface area contributed by atoms with Crippen molar-refractivity contribution in [2.24, 2.45) is 46.3 Å². The van der Waals surface area contributed by atoms with Gasteiger partial charge in [0.15, 0.2) is 0 Å². The third-order valence-electron chi connectivity index (χ3n) is 10.3. The average Bonchev–Trinajstić information content (AvgIpc) is 3.08. The minimum absolute atomic E-state index is 0.0763. The maximum Gasteiger partial charge on any atom is 0.302 e. The maximum absolute atomic E-state index is 11.5. The topological polar surface area (TPSA) is 26.3 Å². The molecule has 3 saturated carbocycles. The van der Waals surface area contributed by atoms with Crippen molar-refractivity contribution in [1.29, 1.82) is 0 Å². The molecular formula is C30H46O2. The molecule has 2 nitrogen and oxygen atoms in total. The first-order valence-corrected chi connectivity index (χ1v) is 13.3. The molecule has 0 aliphatic heterocycles. The highest BCUT2D eigenvalue weighted by Crippen LogP contribution is 2.66. The van der Waals surface area contributed by atoms with E-state index in [2.05, 4.69) is 65.8 Å². The van der Waals surface area contributed by atoms with Gasteiger partial charge in [-0.15, -0.1) is 0 Å². The number of carbonyl (C=O) groups is 1. The lowest BCUT2D eigenvalue weighted by molar-refractivity contribution is -0.148. The molecule has 0 radical (unpaired) electrons. The molecule has 4 rings (SSSR count). The molecule has 3 fully saturated rings. The molecule has 4 aliphatic carbocycles. The van der Waals surface area contributed by atoms with Crippen molar-refractivity contribution in [3.63, 3.8) is 0 Å². The fourth-order valence-corrected chi connectivity index (χ4v) is 7.92. The Morgan fingerprint density at radius 1 is 1.00 bits per heavy atom. The van der Waals surface area contributed by atoms with Gasteiger partial charge in [-0.1, -0.05) is 77.0 Å². The van der Waals surface area contributed by atoms with Crippen LogP contribution in [-0.2, 0) is 9.53 Å². The van der Waals surface area contributed by atoms with Gasteiger partial charge in [-0.25, -0.2) is 0 Å². The van der Waals surface area contributed by atoms with Crippen LogP contribution in [-0.4, -0.2) is 12.1 Å². The van der Waals surface area contributed by atoms with Gasteiger partial charge in [0.05, 0.1) is 0 Å². The van der Waals surface area contributed by atoms with Crippen molar-refractivity contribution >= 4 is 5.97 Å². The number of rotatable bonds is 5. The Morgan fingerprint density at radius 2 is 1.75 bits per heavy atom. The highest BCUT2D eigenvalue weighted by Gasteiger charge is 2.56. The minimum atomic E-state index is -0.136. The Bertz CT molecular complexity index is 817. The van der Waals surface area contributed by atoms with E-state index in [-0.39, 0.29) is 17.5 Å². The van der Waals surface area contributed by atoms with Crippen LogP contribution in [0.3, 0.4) is 0 Å². The van der Waals surface area contributed by atoms with Gasteiger partial charge in [0, 0.05) is 13.3 Å². The summed E-state index contributed by atoms with van der Waals surface area (Å²) in [5.74, 6) is 4.11. The largest absolute Gasteiger partial charge is 0.462 e. The molecule has 178 valence electrons. The summed E-state index contributed by atoms with van der Waals surface area (Å²) in [5.41, 5.74) is 3.98. The molecule has 8 atom stereocenters. The van der Waals surface area contributed by atoms with Crippen LogP contribution in [0.4, 0.5) is 0 Å². The Hall–Kier alpha value is -1.31. The molecule has 2 heteroatoms. The van der Waals surface area contributed by atoms with Gasteiger partial charge in [-0.2, -0.15) is 0 Å². The van der Waals surface area contributed by atoms with Crippen LogP contribution in [0.2, 0.25) is 0 Å². The molecule has 0 aromatic rings. The van der Waals surface area contributed by atoms with E-state index in [9.17, 15) is 4.79 Å². The smallest absolute Gasteiger partial charge is 0.302 e. The average molecular weight is 439 g/mol. The highest BCUT2D eigenvalue weighted by molar-refractivity contribution is 5.66. The monoisotopic (exact) mass is 438 g/mol. The zero-order valence-corrected chi connectivity index (χ0v) is 21.6. The number of esters is 1. The molecule has 4 aliphatic rings. The van der Waals surface area contributed by atoms with Crippen molar-refractivity contribution in [3.05, 3.63) is 35.5 Å². The van der Waals surface area contributed by atoms with Gasteiger partial charge in [0.25, 0.3) is 0 Å². The molecule has 32 heavy (non-hydrogen) atoms. The SMILES string of the molecule is CC(=O)O[C@@H]1CC[C@]2(C)C(=CC=C3[C@H]4CC[C@H]([C@H](C)/C=C/[C@H](C)C(C)C)[C@]4(C)CC[C@@H]32)C1. The molecular weight excluding hydrogens is 392 g/mol. The second-order valence-corrected chi connectivity index (χ2v) is 12.4. The quantitative estimate of drug-likeness (QED) is 0.322. The van der Waals surface area contributed by atoms with E-state index in [1.54, 1.807) is 12.5 Å². The van der Waals surface area contributed by atoms with Crippen LogP contribution in [0.15, 0.2) is 35.5 Å². The third-order valence-corrected chi connectivity index (χ3v) is 10.3. The van der Waals surface area contributed by atoms with Crippen LogP contribution >= 0.6 is 0 Å². The van der Waals surface area contributed by atoms with E-state index >= 15 is 0 Å². The zero-order chi connectivity index (χ0) is 23.3. The summed E-state index contributed by atoms with van der Waals surface area (Å²) in [4.78, 5) is 11.5. The van der Waals surface area contributed by atoms with Crippen molar-refractivity contribution < 1.29 is 9.53 Å². The van der Waals surface area contributed by atoms with Gasteiger partial charge in [-0.05, 0) is 84.9 Å². The zero-order valence-electron chi connectivity index (χ0n) is 21.6. The van der Waals surface area contributed by atoms with Crippen LogP contribution < -0.4 is 0 Å². The molecule has 0 bridgehead atoms. The first-order valence-electron chi connectivity index (χ1n) is 13.3. The molecule has 0 aromatic carbocycles. The molecule has 0 heterocycles. The first kappa shape index (κ1) is 23.8. The van der Waals surface area contributed by atoms with Gasteiger partial charge < -0.3 is 4.74 Å². The number of ether oxygens (including phenoxy) is 1. The Morgan fingerprint density at radius 3 is 2.44 bits per heavy atom. The first-order chi connectivity index (χ1) is 15.1. The van der Waals surface area contributed by atoms with Crippen molar-refractivity contribution in [3.8, 4) is 0 Å². The summed E-state index contributed by atoms with van der Waals surface area (Å²) in [7, 11) is 0. The van der Waals surface area contributed by atoms with E-state index in [0.29, 0.717) is 29.1 Å². The number of carbonyl (C=O) groups excluding carboxylic acids is 1. The van der Waals surface area contributed by atoms with E-state index in [1.807, 2.05) is 0 Å². The van der Waals surface area contributed by atoms with Gasteiger partial charge >= 0.3 is 5.97 Å². The van der Waals surface area contributed by atoms with Crippen molar-refractivity contribution in [1.82, 2.24) is 0 Å². The summed E-state index contributed by atoms with van der Waals surface area (Å²) >= 11 is 0. The second kappa shape index (κ2) is 8.80. The Balaban J connectivity index is 1.54. The molecule has 0 aromatic heterocycles. The third kappa shape index (κ3) is 4.05. The normalized spacial score (nSPS) is 40.8. The summed E-state index contributed by atoms with van der Waals surface area (Å²) < 4.78 is 5.59. The molecule has 0 unspecified atom stereocenters. The van der Waals surface area contributed by atoms with Crippen molar-refractivity contribution in [2.75, 3.05) is 0 Å². The summed E-state index contributed by atoms with van der Waals surface area (Å²) in [5, 5.41) is 0. The fraction of sp³-hybridized carbons (Fsp3) is 0.767. The summed E-state index contributed by atoms with van der Waals surface area (Å²) in [6.07, 6.45) is 18.5. The standard InChI is InChI=1S/C30H46O2/c1-19(2)20(3)8-9-21(4)26-12-13-27-25-11-10-23-18-24(32-22(5)31)14-16-29(23,6)28(25)15-17-30(26,27)7/h8-11,19-21,24,26-28H,12-18H2,1-7H3/b9-8+/t20-,21+,24+,26+,27+,28-,29+,30-/m0/s1. The van der Waals surface area contributed by atoms with E-state index in [4.69, 9.17) is 4.74 Å². The molecule has 0 N–H and O–H groups in total. The molecule has 0 amide bonds. The van der Waals surface area contributed by atoms with E-state index < -0.39 is 0 Å². The van der Waals surface area contributed by atoms with Crippen LogP contribution in [0, 0.1) is 46.3 Å². The fourth-order valence-electron chi connectivity index (χ4n) is 7.92. The predicted octanol–water partition coefficient (Wildman–Crippen LogP) is 7.90. The Kier molecular flexibility index (Phi) is 6.56. The summed E-state index contributed by atoms with van der Waals surface area (Å²) in [6.45, 7) is 16.1. The lowest BCUT2D eigenvalue weighted by Gasteiger charge is -2.55. The van der Waals surface area contributed by atoms with Gasteiger partial charge in [-0.3, -0.25) is 4.79 Å². The van der Waals surface area contributed by atoms with Gasteiger partial charge in [0.1, 0.15) is 6.10 Å². The van der Waals surface area contributed by atoms with Gasteiger partial charge in [0.2, 0.25) is 0 Å². The lowest BCUT2D eigenvalue weighted by Crippen LogP contribution is -2.46. The van der Waals surface area contributed by atoms with Crippen LogP contribution in [0.1, 0.15) is 93.4 Å². The predicted molar refractivity (Wildman–Crippen MR) is 133 cm³/mol. The number of fused-ring (bicyclic) bond motifs is 5. The molecule has 0 saturated heterocycles. The number of hydrogen-bond donors (Lipinski definition) is 0. The maximum atomic E-state index is 11.5. The van der Waals surface area contributed by atoms with Crippen molar-refractivity contribution in [2.45, 2.75) is 99.5 Å². The highest BCUT2D eigenvalue weighted by atomic mass is 16.5. The van der Waals surface area contributed by atoms with E-state index in [1.165, 1.54) is 31.3 Å². The number of allylic oxidation sites excluding steroid dienone is 5.